The van der Waals surface area contributed by atoms with Gasteiger partial charge in [0.2, 0.25) is 0 Å². The van der Waals surface area contributed by atoms with Gasteiger partial charge < -0.3 is 24.8 Å². The number of methoxy groups -OCH3 is 2. The quantitative estimate of drug-likeness (QED) is 0.389. The fourth-order valence-electron chi connectivity index (χ4n) is 4.60. The zero-order valence-corrected chi connectivity index (χ0v) is 20.9. The van der Waals surface area contributed by atoms with Crippen molar-refractivity contribution in [3.63, 3.8) is 0 Å². The number of carboxylic acids is 1. The standard InChI is InChI=1S/C27H34F2N2O5/c1-19(22-13-21(16-35-2)14-23(15-22)36-3)31(12-8-7-11-20-9-5-4-6-10-20)25(34)30-26(24(32)33)17-27(28,29)18-26/h4-6,9-10,13-15,19H,7-8,11-12,16-18H2,1-3H3,(H,30,34)(H,32,33). The lowest BCUT2D eigenvalue weighted by molar-refractivity contribution is -0.175. The van der Waals surface area contributed by atoms with Gasteiger partial charge in [-0.2, -0.15) is 0 Å². The van der Waals surface area contributed by atoms with Crippen LogP contribution in [0.1, 0.15) is 55.3 Å². The first kappa shape index (κ1) is 27.4. The number of hydrogen-bond acceptors (Lipinski definition) is 4. The predicted octanol–water partition coefficient (Wildman–Crippen LogP) is 5.19. The van der Waals surface area contributed by atoms with Crippen LogP contribution < -0.4 is 10.1 Å². The molecule has 0 radical (unpaired) electrons. The van der Waals surface area contributed by atoms with Crippen molar-refractivity contribution in [3.8, 4) is 5.75 Å². The third-order valence-electron chi connectivity index (χ3n) is 6.58. The van der Waals surface area contributed by atoms with Gasteiger partial charge in [0.05, 0.1) is 19.8 Å². The fraction of sp³-hybridized carbons (Fsp3) is 0.481. The first-order valence-electron chi connectivity index (χ1n) is 12.0. The van der Waals surface area contributed by atoms with E-state index in [-0.39, 0.29) is 0 Å². The largest absolute Gasteiger partial charge is 0.497 e. The summed E-state index contributed by atoms with van der Waals surface area (Å²) in [4.78, 5) is 26.7. The summed E-state index contributed by atoms with van der Waals surface area (Å²) in [7, 11) is 3.12. The molecule has 0 bridgehead atoms. The molecule has 1 unspecified atom stereocenters. The van der Waals surface area contributed by atoms with Crippen LogP contribution in [0.25, 0.3) is 0 Å². The average molecular weight is 505 g/mol. The van der Waals surface area contributed by atoms with E-state index in [0.717, 1.165) is 24.0 Å². The minimum atomic E-state index is -3.11. The molecule has 2 amide bonds. The molecule has 1 saturated carbocycles. The first-order valence-corrected chi connectivity index (χ1v) is 12.0. The fourth-order valence-corrected chi connectivity index (χ4v) is 4.60. The second-order valence-electron chi connectivity index (χ2n) is 9.39. The Morgan fingerprint density at radius 2 is 1.78 bits per heavy atom. The molecule has 0 saturated heterocycles. The number of aliphatic carboxylic acids is 1. The number of carbonyl (C=O) groups is 2. The molecule has 1 aliphatic carbocycles. The number of carbonyl (C=O) groups excluding carboxylic acids is 1. The predicted molar refractivity (Wildman–Crippen MR) is 131 cm³/mol. The normalized spacial score (nSPS) is 16.5. The number of urea groups is 1. The van der Waals surface area contributed by atoms with Crippen LogP contribution in [0.15, 0.2) is 48.5 Å². The SMILES string of the molecule is COCc1cc(OC)cc(C(C)N(CCCCc2ccccc2)C(=O)NC2(C(=O)O)CC(F)(F)C2)c1. The van der Waals surface area contributed by atoms with Crippen molar-refractivity contribution in [3.05, 3.63) is 65.2 Å². The molecular formula is C27H34F2N2O5. The molecule has 2 aromatic rings. The Morgan fingerprint density at radius 3 is 2.36 bits per heavy atom. The number of nitrogens with one attached hydrogen (secondary N) is 1. The summed E-state index contributed by atoms with van der Waals surface area (Å²) in [5.41, 5.74) is 0.824. The third kappa shape index (κ3) is 6.72. The lowest BCUT2D eigenvalue weighted by Crippen LogP contribution is -2.68. The van der Waals surface area contributed by atoms with Crippen molar-refractivity contribution in [1.29, 1.82) is 0 Å². The summed E-state index contributed by atoms with van der Waals surface area (Å²) in [6.45, 7) is 2.49. The molecule has 1 fully saturated rings. The second-order valence-corrected chi connectivity index (χ2v) is 9.39. The Kier molecular flexibility index (Phi) is 8.89. The zero-order valence-electron chi connectivity index (χ0n) is 20.9. The average Bonchev–Trinajstić information content (AvgIpc) is 2.82. The lowest BCUT2D eigenvalue weighted by atomic mass is 9.73. The van der Waals surface area contributed by atoms with Crippen LogP contribution in [0.2, 0.25) is 0 Å². The number of unbranched alkanes of at least 4 members (excludes halogenated alkanes) is 1. The highest BCUT2D eigenvalue weighted by molar-refractivity contribution is 5.88. The molecule has 9 heteroatoms. The molecule has 2 aromatic carbocycles. The van der Waals surface area contributed by atoms with Gasteiger partial charge in [-0.1, -0.05) is 36.4 Å². The molecular weight excluding hydrogens is 470 g/mol. The van der Waals surface area contributed by atoms with Gasteiger partial charge in [-0.25, -0.2) is 18.4 Å². The van der Waals surface area contributed by atoms with E-state index in [4.69, 9.17) is 9.47 Å². The number of carboxylic acid groups (broad SMARTS) is 1. The Bertz CT molecular complexity index is 1040. The van der Waals surface area contributed by atoms with Crippen LogP contribution in [0.5, 0.6) is 5.75 Å². The van der Waals surface area contributed by atoms with Crippen molar-refractivity contribution >= 4 is 12.0 Å². The van der Waals surface area contributed by atoms with Crippen molar-refractivity contribution in [1.82, 2.24) is 10.2 Å². The van der Waals surface area contributed by atoms with E-state index in [1.54, 1.807) is 20.3 Å². The number of aryl methyl sites for hydroxylation is 1. The van der Waals surface area contributed by atoms with E-state index in [9.17, 15) is 23.5 Å². The molecule has 2 N–H and O–H groups in total. The molecule has 3 rings (SSSR count). The summed E-state index contributed by atoms with van der Waals surface area (Å²) >= 11 is 0. The minimum absolute atomic E-state index is 0.322. The van der Waals surface area contributed by atoms with Crippen LogP contribution in [0, 0.1) is 0 Å². The molecule has 0 aliphatic heterocycles. The summed E-state index contributed by atoms with van der Waals surface area (Å²) in [6.07, 6.45) is 0.434. The van der Waals surface area contributed by atoms with Gasteiger partial charge in [-0.3, -0.25) is 0 Å². The van der Waals surface area contributed by atoms with Gasteiger partial charge in [0.15, 0.2) is 5.54 Å². The number of halogens is 2. The molecule has 7 nitrogen and oxygen atoms in total. The van der Waals surface area contributed by atoms with Gasteiger partial charge in [0.25, 0.3) is 5.92 Å². The van der Waals surface area contributed by atoms with Crippen LogP contribution in [0.4, 0.5) is 13.6 Å². The topological polar surface area (TPSA) is 88.1 Å². The van der Waals surface area contributed by atoms with Crippen molar-refractivity contribution in [2.45, 2.75) is 63.1 Å². The highest BCUT2D eigenvalue weighted by atomic mass is 19.3. The van der Waals surface area contributed by atoms with E-state index in [2.05, 4.69) is 5.32 Å². The highest BCUT2D eigenvalue weighted by Gasteiger charge is 2.62. The molecule has 0 spiro atoms. The van der Waals surface area contributed by atoms with Crippen LogP contribution in [-0.4, -0.2) is 54.2 Å². The lowest BCUT2D eigenvalue weighted by Gasteiger charge is -2.45. The summed E-state index contributed by atoms with van der Waals surface area (Å²) in [6, 6.07) is 14.3. The molecule has 1 atom stereocenters. The molecule has 36 heavy (non-hydrogen) atoms. The number of benzene rings is 2. The molecule has 0 aromatic heterocycles. The van der Waals surface area contributed by atoms with Crippen molar-refractivity contribution in [2.75, 3.05) is 20.8 Å². The maximum Gasteiger partial charge on any atom is 0.329 e. The van der Waals surface area contributed by atoms with Crippen molar-refractivity contribution < 1.29 is 33.0 Å². The van der Waals surface area contributed by atoms with E-state index in [1.165, 1.54) is 10.5 Å². The van der Waals surface area contributed by atoms with E-state index >= 15 is 0 Å². The van der Waals surface area contributed by atoms with Gasteiger partial charge >= 0.3 is 12.0 Å². The summed E-state index contributed by atoms with van der Waals surface area (Å²) in [5.74, 6) is -3.97. The van der Waals surface area contributed by atoms with Crippen molar-refractivity contribution in [2.24, 2.45) is 0 Å². The van der Waals surface area contributed by atoms with Crippen LogP contribution in [0.3, 0.4) is 0 Å². The minimum Gasteiger partial charge on any atom is -0.497 e. The Morgan fingerprint density at radius 1 is 1.08 bits per heavy atom. The van der Waals surface area contributed by atoms with E-state index in [1.807, 2.05) is 49.4 Å². The zero-order chi connectivity index (χ0) is 26.3. The number of nitrogens with zero attached hydrogens (tertiary/aromatic N) is 1. The van der Waals surface area contributed by atoms with E-state index in [0.29, 0.717) is 25.3 Å². The van der Waals surface area contributed by atoms with E-state index < -0.39 is 42.3 Å². The number of amides is 2. The van der Waals surface area contributed by atoms with Crippen LogP contribution >= 0.6 is 0 Å². The van der Waals surface area contributed by atoms with Gasteiger partial charge in [-0.15, -0.1) is 0 Å². The Hall–Kier alpha value is -3.20. The second kappa shape index (κ2) is 11.7. The first-order chi connectivity index (χ1) is 17.1. The highest BCUT2D eigenvalue weighted by Crippen LogP contribution is 2.46. The van der Waals surface area contributed by atoms with Crippen LogP contribution in [-0.2, 0) is 22.6 Å². The number of alkyl halides is 2. The smallest absolute Gasteiger partial charge is 0.329 e. The van der Waals surface area contributed by atoms with Gasteiger partial charge in [-0.05, 0) is 55.0 Å². The summed E-state index contributed by atoms with van der Waals surface area (Å²) in [5, 5.41) is 12.0. The maximum absolute atomic E-state index is 13.6. The molecule has 0 heterocycles. The Labute approximate surface area is 210 Å². The number of rotatable bonds is 12. The molecule has 196 valence electrons. The third-order valence-corrected chi connectivity index (χ3v) is 6.58. The Balaban J connectivity index is 1.80. The van der Waals surface area contributed by atoms with Gasteiger partial charge in [0.1, 0.15) is 5.75 Å². The van der Waals surface area contributed by atoms with Gasteiger partial charge in [0, 0.05) is 26.5 Å². The number of ether oxygens (including phenoxy) is 2. The maximum atomic E-state index is 13.6. The number of hydrogen-bond donors (Lipinski definition) is 2. The monoisotopic (exact) mass is 504 g/mol. The summed E-state index contributed by atoms with van der Waals surface area (Å²) < 4.78 is 37.9. The molecule has 1 aliphatic rings.